The van der Waals surface area contributed by atoms with Crippen LogP contribution in [0.15, 0.2) is 52.3 Å². The van der Waals surface area contributed by atoms with Gasteiger partial charge in [-0.2, -0.15) is 0 Å². The van der Waals surface area contributed by atoms with Gasteiger partial charge in [0, 0.05) is 0 Å². The fraction of sp³-hybridized carbons (Fsp3) is 0.125. The highest BCUT2D eigenvalue weighted by molar-refractivity contribution is 7.92. The van der Waals surface area contributed by atoms with E-state index < -0.39 is 36.9 Å². The summed E-state index contributed by atoms with van der Waals surface area (Å²) in [6, 6.07) is 8.02. The van der Waals surface area contributed by atoms with Crippen LogP contribution in [0.5, 0.6) is 0 Å². The highest BCUT2D eigenvalue weighted by atomic mass is 32.2. The van der Waals surface area contributed by atoms with Crippen LogP contribution in [0, 0.1) is 0 Å². The van der Waals surface area contributed by atoms with Gasteiger partial charge in [0.15, 0.2) is 0 Å². The predicted molar refractivity (Wildman–Crippen MR) is 97.7 cm³/mol. The van der Waals surface area contributed by atoms with Gasteiger partial charge < -0.3 is 9.47 Å². The fourth-order valence-corrected chi connectivity index (χ4v) is 4.04. The van der Waals surface area contributed by atoms with E-state index in [4.69, 9.17) is 5.14 Å². The number of esters is 2. The number of methoxy groups -OCH3 is 2. The molecule has 0 amide bonds. The van der Waals surface area contributed by atoms with Crippen molar-refractivity contribution >= 4 is 37.7 Å². The third-order valence-electron chi connectivity index (χ3n) is 3.51. The normalized spacial score (nSPS) is 11.5. The Balaban J connectivity index is 2.58. The average molecular weight is 428 g/mol. The fourth-order valence-electron chi connectivity index (χ4n) is 2.21. The molecule has 0 aliphatic heterocycles. The van der Waals surface area contributed by atoms with Crippen molar-refractivity contribution in [2.45, 2.75) is 9.79 Å². The summed E-state index contributed by atoms with van der Waals surface area (Å²) in [6.45, 7) is 0. The number of carbonyl (C=O) groups is 2. The summed E-state index contributed by atoms with van der Waals surface area (Å²) in [6.07, 6.45) is 0. The van der Waals surface area contributed by atoms with Gasteiger partial charge >= 0.3 is 11.9 Å². The molecule has 10 nitrogen and oxygen atoms in total. The lowest BCUT2D eigenvalue weighted by Crippen LogP contribution is -2.19. The summed E-state index contributed by atoms with van der Waals surface area (Å²) in [7, 11) is -6.30. The third kappa shape index (κ3) is 4.65. The average Bonchev–Trinajstić information content (AvgIpc) is 2.65. The second-order valence-corrected chi connectivity index (χ2v) is 8.58. The monoisotopic (exact) mass is 428 g/mol. The molecule has 0 heterocycles. The molecule has 0 saturated carbocycles. The van der Waals surface area contributed by atoms with Gasteiger partial charge in [0.2, 0.25) is 10.0 Å². The minimum atomic E-state index is -4.42. The van der Waals surface area contributed by atoms with Crippen LogP contribution in [0.25, 0.3) is 0 Å². The summed E-state index contributed by atoms with van der Waals surface area (Å²) in [5.41, 5.74) is -0.565. The molecular formula is C16H16N2O8S2. The number of benzene rings is 2. The molecule has 3 N–H and O–H groups in total. The van der Waals surface area contributed by atoms with E-state index in [1.807, 2.05) is 0 Å². The first kappa shape index (κ1) is 21.3. The van der Waals surface area contributed by atoms with Crippen LogP contribution < -0.4 is 9.86 Å². The molecule has 0 aliphatic rings. The van der Waals surface area contributed by atoms with Gasteiger partial charge in [0.25, 0.3) is 10.0 Å². The maximum absolute atomic E-state index is 12.8. The number of hydrogen-bond donors (Lipinski definition) is 2. The van der Waals surface area contributed by atoms with Crippen molar-refractivity contribution < 1.29 is 35.9 Å². The molecular weight excluding hydrogens is 412 g/mol. The second-order valence-electron chi connectivity index (χ2n) is 5.37. The van der Waals surface area contributed by atoms with E-state index in [2.05, 4.69) is 14.2 Å². The number of ether oxygens (including phenoxy) is 2. The van der Waals surface area contributed by atoms with Crippen LogP contribution in [-0.2, 0) is 29.5 Å². The Kier molecular flexibility index (Phi) is 6.07. The van der Waals surface area contributed by atoms with E-state index in [0.29, 0.717) is 0 Å². The van der Waals surface area contributed by atoms with Crippen LogP contribution in [0.3, 0.4) is 0 Å². The van der Waals surface area contributed by atoms with Gasteiger partial charge in [-0.05, 0) is 36.4 Å². The van der Waals surface area contributed by atoms with Crippen LogP contribution in [-0.4, -0.2) is 43.0 Å². The maximum atomic E-state index is 12.8. The van der Waals surface area contributed by atoms with Crippen LogP contribution >= 0.6 is 0 Å². The van der Waals surface area contributed by atoms with E-state index >= 15 is 0 Å². The van der Waals surface area contributed by atoms with Crippen LogP contribution in [0.4, 0.5) is 5.69 Å². The van der Waals surface area contributed by atoms with E-state index in [9.17, 15) is 26.4 Å². The highest BCUT2D eigenvalue weighted by Gasteiger charge is 2.25. The predicted octanol–water partition coefficient (Wildman–Crippen LogP) is 0.708. The Bertz CT molecular complexity index is 1140. The largest absolute Gasteiger partial charge is 0.465 e. The van der Waals surface area contributed by atoms with Crippen LogP contribution in [0.2, 0.25) is 0 Å². The molecule has 0 spiro atoms. The Morgan fingerprint density at radius 2 is 1.57 bits per heavy atom. The molecule has 0 aliphatic carbocycles. The van der Waals surface area contributed by atoms with Crippen LogP contribution in [0.1, 0.15) is 20.7 Å². The van der Waals surface area contributed by atoms with Gasteiger partial charge in [-0.25, -0.2) is 31.6 Å². The van der Waals surface area contributed by atoms with Gasteiger partial charge in [0.05, 0.1) is 35.9 Å². The molecule has 0 radical (unpaired) electrons. The van der Waals surface area contributed by atoms with Crippen molar-refractivity contribution in [3.63, 3.8) is 0 Å². The van der Waals surface area contributed by atoms with Crippen molar-refractivity contribution in [2.24, 2.45) is 5.14 Å². The molecule has 0 atom stereocenters. The standard InChI is InChI=1S/C16H16N2O8S2/c1-25-15(19)10-6-7-13(16(20)26-2)14(8-10)28(23,24)18-11-4-3-5-12(9-11)27(17,21)22/h3-9,18H,1-2H3,(H2,17,21,22). The van der Waals surface area contributed by atoms with Crippen molar-refractivity contribution in [1.82, 2.24) is 0 Å². The lowest BCUT2D eigenvalue weighted by Gasteiger charge is -2.13. The van der Waals surface area contributed by atoms with E-state index in [-0.39, 0.29) is 21.7 Å². The smallest absolute Gasteiger partial charge is 0.339 e. The third-order valence-corrected chi connectivity index (χ3v) is 5.84. The molecule has 0 bridgehead atoms. The minimum Gasteiger partial charge on any atom is -0.465 e. The molecule has 12 heteroatoms. The Morgan fingerprint density at radius 3 is 2.14 bits per heavy atom. The van der Waals surface area contributed by atoms with Crippen molar-refractivity contribution in [1.29, 1.82) is 0 Å². The second kappa shape index (κ2) is 7.96. The minimum absolute atomic E-state index is 0.117. The summed E-state index contributed by atoms with van der Waals surface area (Å²) in [5.74, 6) is -1.76. The molecule has 0 saturated heterocycles. The molecule has 28 heavy (non-hydrogen) atoms. The zero-order valence-corrected chi connectivity index (χ0v) is 16.3. The number of anilines is 1. The first-order valence-electron chi connectivity index (χ1n) is 7.46. The van der Waals surface area contributed by atoms with Crippen molar-refractivity contribution in [2.75, 3.05) is 18.9 Å². The molecule has 0 unspecified atom stereocenters. The first-order chi connectivity index (χ1) is 13.0. The Morgan fingerprint density at radius 1 is 0.929 bits per heavy atom. The number of rotatable bonds is 6. The molecule has 0 aromatic heterocycles. The van der Waals surface area contributed by atoms with E-state index in [1.165, 1.54) is 24.3 Å². The lowest BCUT2D eigenvalue weighted by atomic mass is 10.1. The van der Waals surface area contributed by atoms with E-state index in [0.717, 1.165) is 32.4 Å². The zero-order valence-electron chi connectivity index (χ0n) is 14.7. The summed E-state index contributed by atoms with van der Waals surface area (Å²) >= 11 is 0. The van der Waals surface area contributed by atoms with E-state index in [1.54, 1.807) is 0 Å². The van der Waals surface area contributed by atoms with Gasteiger partial charge in [-0.1, -0.05) is 6.07 Å². The first-order valence-corrected chi connectivity index (χ1v) is 10.5. The Hall–Kier alpha value is -2.96. The number of nitrogens with one attached hydrogen (secondary N) is 1. The summed E-state index contributed by atoms with van der Waals surface area (Å²) < 4.78 is 59.8. The zero-order chi connectivity index (χ0) is 21.1. The molecule has 2 aromatic rings. The number of nitrogens with two attached hydrogens (primary N) is 1. The quantitative estimate of drug-likeness (QED) is 0.636. The highest BCUT2D eigenvalue weighted by Crippen LogP contribution is 2.24. The molecule has 150 valence electrons. The number of primary sulfonamides is 1. The summed E-state index contributed by atoms with van der Waals surface area (Å²) in [4.78, 5) is 22.8. The SMILES string of the molecule is COC(=O)c1ccc(C(=O)OC)c(S(=O)(=O)Nc2cccc(S(N)(=O)=O)c2)c1. The lowest BCUT2D eigenvalue weighted by molar-refractivity contribution is 0.0583. The van der Waals surface area contributed by atoms with Gasteiger partial charge in [-0.15, -0.1) is 0 Å². The molecule has 0 fully saturated rings. The Labute approximate surface area is 161 Å². The number of carbonyl (C=O) groups excluding carboxylic acids is 2. The van der Waals surface area contributed by atoms with Crippen molar-refractivity contribution in [3.8, 4) is 0 Å². The molecule has 2 rings (SSSR count). The molecule has 2 aromatic carbocycles. The summed E-state index contributed by atoms with van der Waals surface area (Å²) in [5, 5.41) is 5.03. The maximum Gasteiger partial charge on any atom is 0.339 e. The van der Waals surface area contributed by atoms with Gasteiger partial charge in [0.1, 0.15) is 4.90 Å². The van der Waals surface area contributed by atoms with Crippen molar-refractivity contribution in [3.05, 3.63) is 53.6 Å². The number of hydrogen-bond acceptors (Lipinski definition) is 8. The van der Waals surface area contributed by atoms with Gasteiger partial charge in [-0.3, -0.25) is 4.72 Å². The topological polar surface area (TPSA) is 159 Å². The number of sulfonamides is 2.